The van der Waals surface area contributed by atoms with E-state index < -0.39 is 5.97 Å². The molecule has 0 atom stereocenters. The lowest BCUT2D eigenvalue weighted by molar-refractivity contribution is -0.136. The average molecular weight is 491 g/mol. The Morgan fingerprint density at radius 1 is 1.03 bits per heavy atom. The minimum Gasteiger partial charge on any atom is -0.496 e. The van der Waals surface area contributed by atoms with Crippen LogP contribution in [0.25, 0.3) is 22.5 Å². The molecule has 35 heavy (non-hydrogen) atoms. The number of halogens is 1. The zero-order chi connectivity index (χ0) is 24.8. The first kappa shape index (κ1) is 24.4. The Labute approximate surface area is 209 Å². The molecule has 4 rings (SSSR count). The normalized spacial score (nSPS) is 10.8. The van der Waals surface area contributed by atoms with E-state index in [4.69, 9.17) is 26.2 Å². The lowest BCUT2D eigenvalue weighted by atomic mass is 10.0. The molecule has 0 spiro atoms. The third kappa shape index (κ3) is 5.84. The second-order valence-electron chi connectivity index (χ2n) is 8.14. The van der Waals surface area contributed by atoms with Gasteiger partial charge in [-0.15, -0.1) is 0 Å². The number of carboxylic acid groups (broad SMARTS) is 1. The molecule has 3 aromatic carbocycles. The summed E-state index contributed by atoms with van der Waals surface area (Å²) in [6.07, 6.45) is 0.779. The molecule has 1 heterocycles. The van der Waals surface area contributed by atoms with Gasteiger partial charge in [0.25, 0.3) is 0 Å². The zero-order valence-corrected chi connectivity index (χ0v) is 20.5. The number of nitrogens with zero attached hydrogens (tertiary/aromatic N) is 2. The number of benzene rings is 3. The summed E-state index contributed by atoms with van der Waals surface area (Å²) in [7, 11) is 1.65. The predicted octanol–water partition coefficient (Wildman–Crippen LogP) is 6.34. The molecule has 0 radical (unpaired) electrons. The van der Waals surface area contributed by atoms with E-state index in [0.29, 0.717) is 35.2 Å². The van der Waals surface area contributed by atoms with Crippen molar-refractivity contribution >= 4 is 17.6 Å². The largest absolute Gasteiger partial charge is 0.496 e. The van der Waals surface area contributed by atoms with Gasteiger partial charge < -0.3 is 14.6 Å². The Morgan fingerprint density at radius 2 is 1.80 bits per heavy atom. The van der Waals surface area contributed by atoms with Crippen LogP contribution in [0.4, 0.5) is 0 Å². The van der Waals surface area contributed by atoms with Crippen LogP contribution in [0.15, 0.2) is 72.8 Å². The number of methoxy groups -OCH3 is 1. The average Bonchev–Trinajstić information content (AvgIpc) is 3.27. The van der Waals surface area contributed by atoms with Gasteiger partial charge in [0.15, 0.2) is 0 Å². The van der Waals surface area contributed by atoms with Gasteiger partial charge >= 0.3 is 5.97 Å². The van der Waals surface area contributed by atoms with E-state index in [1.54, 1.807) is 13.2 Å². The molecule has 0 bridgehead atoms. The van der Waals surface area contributed by atoms with Crippen LogP contribution < -0.4 is 9.47 Å². The smallest absolute Gasteiger partial charge is 0.307 e. The second-order valence-corrected chi connectivity index (χ2v) is 8.58. The SMILES string of the molecule is CCCOc1ccc(CC(=O)O)cc1-c1cc(-c2ccc(Cl)cc2)n(Cc2ccccc2OC)n1. The zero-order valence-electron chi connectivity index (χ0n) is 19.7. The number of ether oxygens (including phenoxy) is 2. The Bertz CT molecular complexity index is 1320. The van der Waals surface area contributed by atoms with Crippen LogP contribution in [0.5, 0.6) is 11.5 Å². The van der Waals surface area contributed by atoms with Crippen molar-refractivity contribution in [1.82, 2.24) is 9.78 Å². The number of carbonyl (C=O) groups is 1. The van der Waals surface area contributed by atoms with E-state index in [2.05, 4.69) is 0 Å². The van der Waals surface area contributed by atoms with E-state index in [1.165, 1.54) is 0 Å². The highest BCUT2D eigenvalue weighted by Crippen LogP contribution is 2.35. The summed E-state index contributed by atoms with van der Waals surface area (Å²) < 4.78 is 13.5. The number of para-hydroxylation sites is 1. The van der Waals surface area contributed by atoms with Crippen LogP contribution in [0, 0.1) is 0 Å². The van der Waals surface area contributed by atoms with Crippen LogP contribution in [0.2, 0.25) is 5.02 Å². The van der Waals surface area contributed by atoms with Gasteiger partial charge in [0.05, 0.1) is 38.1 Å². The van der Waals surface area contributed by atoms with Crippen LogP contribution >= 0.6 is 11.6 Å². The highest BCUT2D eigenvalue weighted by molar-refractivity contribution is 6.30. The Kier molecular flexibility index (Phi) is 7.73. The molecule has 0 unspecified atom stereocenters. The van der Waals surface area contributed by atoms with E-state index >= 15 is 0 Å². The minimum atomic E-state index is -0.887. The number of hydrogen-bond acceptors (Lipinski definition) is 4. The topological polar surface area (TPSA) is 73.6 Å². The fraction of sp³-hybridized carbons (Fsp3) is 0.214. The summed E-state index contributed by atoms with van der Waals surface area (Å²) in [5.41, 5.74) is 4.98. The lowest BCUT2D eigenvalue weighted by Gasteiger charge is -2.12. The molecule has 4 aromatic rings. The van der Waals surface area contributed by atoms with Crippen LogP contribution in [-0.4, -0.2) is 34.6 Å². The highest BCUT2D eigenvalue weighted by atomic mass is 35.5. The molecule has 0 aliphatic carbocycles. The van der Waals surface area contributed by atoms with Crippen molar-refractivity contribution in [1.29, 1.82) is 0 Å². The van der Waals surface area contributed by atoms with Crippen molar-refractivity contribution in [2.24, 2.45) is 0 Å². The minimum absolute atomic E-state index is 0.0764. The molecule has 0 aliphatic heterocycles. The molecule has 6 nitrogen and oxygen atoms in total. The Hall–Kier alpha value is -3.77. The van der Waals surface area contributed by atoms with E-state index in [9.17, 15) is 9.90 Å². The number of aromatic nitrogens is 2. The number of hydrogen-bond donors (Lipinski definition) is 1. The molecule has 180 valence electrons. The predicted molar refractivity (Wildman–Crippen MR) is 137 cm³/mol. The van der Waals surface area contributed by atoms with E-state index in [-0.39, 0.29) is 6.42 Å². The fourth-order valence-corrected chi connectivity index (χ4v) is 4.04. The van der Waals surface area contributed by atoms with Crippen LogP contribution in [-0.2, 0) is 17.8 Å². The molecule has 0 aliphatic rings. The fourth-order valence-electron chi connectivity index (χ4n) is 3.92. The van der Waals surface area contributed by atoms with E-state index in [1.807, 2.05) is 78.3 Å². The molecule has 1 N–H and O–H groups in total. The quantitative estimate of drug-likeness (QED) is 0.280. The Balaban J connectivity index is 1.84. The Morgan fingerprint density at radius 3 is 2.51 bits per heavy atom. The molecule has 0 fully saturated rings. The maximum absolute atomic E-state index is 11.3. The summed E-state index contributed by atoms with van der Waals surface area (Å²) in [6, 6.07) is 22.9. The van der Waals surface area contributed by atoms with Crippen molar-refractivity contribution in [2.75, 3.05) is 13.7 Å². The summed E-state index contributed by atoms with van der Waals surface area (Å²) in [6.45, 7) is 3.08. The highest BCUT2D eigenvalue weighted by Gasteiger charge is 2.18. The molecule has 7 heteroatoms. The monoisotopic (exact) mass is 490 g/mol. The number of aliphatic carboxylic acids is 1. The third-order valence-corrected chi connectivity index (χ3v) is 5.82. The maximum Gasteiger partial charge on any atom is 0.307 e. The lowest BCUT2D eigenvalue weighted by Crippen LogP contribution is -2.06. The first-order chi connectivity index (χ1) is 17.0. The maximum atomic E-state index is 11.3. The van der Waals surface area contributed by atoms with Gasteiger partial charge in [0.2, 0.25) is 0 Å². The molecular weight excluding hydrogens is 464 g/mol. The first-order valence-electron chi connectivity index (χ1n) is 11.4. The molecule has 0 saturated carbocycles. The summed E-state index contributed by atoms with van der Waals surface area (Å²) in [5, 5.41) is 14.9. The molecule has 0 amide bonds. The molecule has 1 aromatic heterocycles. The van der Waals surface area contributed by atoms with Crippen molar-refractivity contribution in [3.63, 3.8) is 0 Å². The summed E-state index contributed by atoms with van der Waals surface area (Å²) >= 11 is 6.13. The summed E-state index contributed by atoms with van der Waals surface area (Å²) in [4.78, 5) is 11.3. The number of rotatable bonds is 10. The van der Waals surface area contributed by atoms with Gasteiger partial charge in [-0.05, 0) is 53.9 Å². The van der Waals surface area contributed by atoms with Gasteiger partial charge in [-0.3, -0.25) is 9.48 Å². The number of carboxylic acids is 1. The van der Waals surface area contributed by atoms with Crippen LogP contribution in [0.1, 0.15) is 24.5 Å². The van der Waals surface area contributed by atoms with Gasteiger partial charge in [-0.1, -0.05) is 54.9 Å². The first-order valence-corrected chi connectivity index (χ1v) is 11.8. The van der Waals surface area contributed by atoms with Crippen LogP contribution in [0.3, 0.4) is 0 Å². The summed E-state index contributed by atoms with van der Waals surface area (Å²) in [5.74, 6) is 0.564. The third-order valence-electron chi connectivity index (χ3n) is 5.57. The van der Waals surface area contributed by atoms with Crippen molar-refractivity contribution in [2.45, 2.75) is 26.3 Å². The molecule has 0 saturated heterocycles. The van der Waals surface area contributed by atoms with Gasteiger partial charge in [0.1, 0.15) is 11.5 Å². The van der Waals surface area contributed by atoms with Crippen molar-refractivity contribution < 1.29 is 19.4 Å². The van der Waals surface area contributed by atoms with Gasteiger partial charge in [0, 0.05) is 16.1 Å². The second kappa shape index (κ2) is 11.1. The molecular formula is C28H27ClN2O4. The van der Waals surface area contributed by atoms with Gasteiger partial charge in [-0.25, -0.2) is 0 Å². The van der Waals surface area contributed by atoms with Gasteiger partial charge in [-0.2, -0.15) is 5.10 Å². The van der Waals surface area contributed by atoms with Crippen molar-refractivity contribution in [3.8, 4) is 34.0 Å². The van der Waals surface area contributed by atoms with Crippen molar-refractivity contribution in [3.05, 3.63) is 88.9 Å². The van der Waals surface area contributed by atoms with E-state index in [0.717, 1.165) is 34.6 Å². The standard InChI is InChI=1S/C28H27ClN2O4/c1-3-14-35-27-13-8-19(16-28(32)33)15-23(27)24-17-25(20-9-11-22(29)12-10-20)31(30-24)18-21-6-4-5-7-26(21)34-2/h4-13,15,17H,3,14,16,18H2,1-2H3,(H,32,33).